The summed E-state index contributed by atoms with van der Waals surface area (Å²) in [5, 5.41) is 13.3. The van der Waals surface area contributed by atoms with Gasteiger partial charge in [-0.1, -0.05) is 33.6 Å². The van der Waals surface area contributed by atoms with Crippen LogP contribution in [-0.4, -0.2) is 23.8 Å². The Labute approximate surface area is 88.1 Å². The lowest BCUT2D eigenvalue weighted by molar-refractivity contribution is 0.0737. The normalized spacial score (nSPS) is 30.6. The van der Waals surface area contributed by atoms with Crippen LogP contribution in [0.4, 0.5) is 0 Å². The Bertz CT molecular complexity index is 150. The van der Waals surface area contributed by atoms with Crippen molar-refractivity contribution in [3.8, 4) is 0 Å². The van der Waals surface area contributed by atoms with E-state index in [1.807, 2.05) is 0 Å². The molecule has 84 valence electrons. The van der Waals surface area contributed by atoms with Gasteiger partial charge >= 0.3 is 0 Å². The van der Waals surface area contributed by atoms with Gasteiger partial charge in [-0.3, -0.25) is 0 Å². The highest BCUT2D eigenvalue weighted by Gasteiger charge is 2.24. The molecule has 0 aliphatic heterocycles. The maximum atomic E-state index is 9.95. The van der Waals surface area contributed by atoms with Crippen LogP contribution in [0.3, 0.4) is 0 Å². The number of hydrogen-bond donors (Lipinski definition) is 2. The lowest BCUT2D eigenvalue weighted by Gasteiger charge is -2.30. The van der Waals surface area contributed by atoms with Crippen molar-refractivity contribution in [1.29, 1.82) is 0 Å². The molecule has 0 amide bonds. The van der Waals surface area contributed by atoms with Crippen LogP contribution >= 0.6 is 0 Å². The Morgan fingerprint density at radius 3 is 2.29 bits per heavy atom. The van der Waals surface area contributed by atoms with Gasteiger partial charge < -0.3 is 10.4 Å². The summed E-state index contributed by atoms with van der Waals surface area (Å²) in [4.78, 5) is 0. The molecule has 14 heavy (non-hydrogen) atoms. The molecule has 1 unspecified atom stereocenters. The smallest absolute Gasteiger partial charge is 0.0692 e. The topological polar surface area (TPSA) is 32.3 Å². The highest BCUT2D eigenvalue weighted by atomic mass is 16.3. The van der Waals surface area contributed by atoms with Gasteiger partial charge in [0, 0.05) is 12.6 Å². The van der Waals surface area contributed by atoms with Crippen LogP contribution in [0.25, 0.3) is 0 Å². The zero-order valence-electron chi connectivity index (χ0n) is 9.79. The molecular weight excluding hydrogens is 174 g/mol. The molecule has 1 aliphatic rings. The van der Waals surface area contributed by atoms with E-state index in [1.165, 1.54) is 25.7 Å². The van der Waals surface area contributed by atoms with Crippen LogP contribution in [0.2, 0.25) is 0 Å². The first-order valence-corrected chi connectivity index (χ1v) is 6.01. The zero-order valence-corrected chi connectivity index (χ0v) is 9.79. The van der Waals surface area contributed by atoms with Crippen LogP contribution in [0.5, 0.6) is 0 Å². The van der Waals surface area contributed by atoms with E-state index in [0.717, 1.165) is 12.5 Å². The van der Waals surface area contributed by atoms with Crippen LogP contribution < -0.4 is 5.32 Å². The Morgan fingerprint density at radius 1 is 1.21 bits per heavy atom. The third-order valence-electron chi connectivity index (χ3n) is 3.34. The lowest BCUT2D eigenvalue weighted by atomic mass is 9.80. The van der Waals surface area contributed by atoms with Crippen molar-refractivity contribution in [2.75, 3.05) is 6.54 Å². The van der Waals surface area contributed by atoms with Gasteiger partial charge in [-0.2, -0.15) is 0 Å². The van der Waals surface area contributed by atoms with Crippen molar-refractivity contribution < 1.29 is 5.11 Å². The second-order valence-corrected chi connectivity index (χ2v) is 5.15. The van der Waals surface area contributed by atoms with E-state index in [1.54, 1.807) is 0 Å². The van der Waals surface area contributed by atoms with E-state index in [0.29, 0.717) is 12.0 Å². The summed E-state index contributed by atoms with van der Waals surface area (Å²) < 4.78 is 0. The molecule has 1 rings (SSSR count). The van der Waals surface area contributed by atoms with Gasteiger partial charge in [0.25, 0.3) is 0 Å². The summed E-state index contributed by atoms with van der Waals surface area (Å²) in [5.41, 5.74) is 0. The maximum Gasteiger partial charge on any atom is 0.0692 e. The number of hydrogen-bond acceptors (Lipinski definition) is 2. The molecule has 1 fully saturated rings. The molecule has 0 bridgehead atoms. The summed E-state index contributed by atoms with van der Waals surface area (Å²) in [5.74, 6) is 1.41. The van der Waals surface area contributed by atoms with E-state index in [4.69, 9.17) is 0 Å². The van der Waals surface area contributed by atoms with E-state index in [2.05, 4.69) is 26.1 Å². The third-order valence-corrected chi connectivity index (χ3v) is 3.34. The molecule has 0 spiro atoms. The van der Waals surface area contributed by atoms with Crippen molar-refractivity contribution in [3.05, 3.63) is 0 Å². The fraction of sp³-hybridized carbons (Fsp3) is 1.00. The largest absolute Gasteiger partial charge is 0.392 e. The standard InChI is InChI=1S/C12H25NO/c1-9(2)13-8-12(14)11-6-4-10(3)5-7-11/h9-14H,4-8H2,1-3H3. The van der Waals surface area contributed by atoms with Crippen molar-refractivity contribution in [2.24, 2.45) is 11.8 Å². The van der Waals surface area contributed by atoms with Gasteiger partial charge in [0.2, 0.25) is 0 Å². The van der Waals surface area contributed by atoms with Crippen molar-refractivity contribution >= 4 is 0 Å². The highest BCUT2D eigenvalue weighted by molar-refractivity contribution is 4.77. The Balaban J connectivity index is 2.20. The third kappa shape index (κ3) is 3.97. The highest BCUT2D eigenvalue weighted by Crippen LogP contribution is 2.30. The van der Waals surface area contributed by atoms with Gasteiger partial charge in [-0.15, -0.1) is 0 Å². The van der Waals surface area contributed by atoms with Gasteiger partial charge in [-0.25, -0.2) is 0 Å². The van der Waals surface area contributed by atoms with Crippen LogP contribution in [0.15, 0.2) is 0 Å². The Hall–Kier alpha value is -0.0800. The summed E-state index contributed by atoms with van der Waals surface area (Å²) in [7, 11) is 0. The minimum Gasteiger partial charge on any atom is -0.392 e. The van der Waals surface area contributed by atoms with Gasteiger partial charge in [0.15, 0.2) is 0 Å². The maximum absolute atomic E-state index is 9.95. The second-order valence-electron chi connectivity index (χ2n) is 5.15. The van der Waals surface area contributed by atoms with Crippen LogP contribution in [-0.2, 0) is 0 Å². The van der Waals surface area contributed by atoms with Crippen LogP contribution in [0.1, 0.15) is 46.5 Å². The molecule has 0 saturated heterocycles. The number of aliphatic hydroxyl groups excluding tert-OH is 1. The molecule has 1 saturated carbocycles. The predicted molar refractivity (Wildman–Crippen MR) is 60.3 cm³/mol. The fourth-order valence-electron chi connectivity index (χ4n) is 2.19. The van der Waals surface area contributed by atoms with Crippen molar-refractivity contribution in [1.82, 2.24) is 5.32 Å². The molecule has 1 aliphatic carbocycles. The summed E-state index contributed by atoms with van der Waals surface area (Å²) in [6.07, 6.45) is 4.88. The minimum absolute atomic E-state index is 0.134. The molecule has 0 radical (unpaired) electrons. The number of rotatable bonds is 4. The second kappa shape index (κ2) is 5.72. The minimum atomic E-state index is -0.134. The van der Waals surface area contributed by atoms with E-state index in [9.17, 15) is 5.11 Å². The summed E-state index contributed by atoms with van der Waals surface area (Å²) >= 11 is 0. The first-order chi connectivity index (χ1) is 6.59. The zero-order chi connectivity index (χ0) is 10.6. The molecule has 0 aromatic heterocycles. The van der Waals surface area contributed by atoms with Gasteiger partial charge in [0.1, 0.15) is 0 Å². The van der Waals surface area contributed by atoms with Crippen molar-refractivity contribution in [2.45, 2.75) is 58.6 Å². The summed E-state index contributed by atoms with van der Waals surface area (Å²) in [6, 6.07) is 0.479. The predicted octanol–water partition coefficient (Wildman–Crippen LogP) is 2.17. The first-order valence-electron chi connectivity index (χ1n) is 6.01. The molecule has 2 heteroatoms. The lowest BCUT2D eigenvalue weighted by Crippen LogP contribution is -2.37. The van der Waals surface area contributed by atoms with Gasteiger partial charge in [-0.05, 0) is 24.7 Å². The molecule has 0 aromatic rings. The molecular formula is C12H25NO. The molecule has 0 aromatic carbocycles. The molecule has 1 atom stereocenters. The number of aliphatic hydroxyl groups is 1. The average Bonchev–Trinajstić information content (AvgIpc) is 2.15. The van der Waals surface area contributed by atoms with E-state index < -0.39 is 0 Å². The van der Waals surface area contributed by atoms with Crippen molar-refractivity contribution in [3.63, 3.8) is 0 Å². The van der Waals surface area contributed by atoms with E-state index in [-0.39, 0.29) is 6.10 Å². The van der Waals surface area contributed by atoms with Crippen LogP contribution in [0, 0.1) is 11.8 Å². The number of nitrogens with one attached hydrogen (secondary N) is 1. The SMILES string of the molecule is CC1CCC(C(O)CNC(C)C)CC1. The average molecular weight is 199 g/mol. The Morgan fingerprint density at radius 2 is 1.79 bits per heavy atom. The Kier molecular flexibility index (Phi) is 4.90. The molecule has 2 nitrogen and oxygen atoms in total. The van der Waals surface area contributed by atoms with E-state index >= 15 is 0 Å². The first kappa shape index (κ1) is 12.0. The monoisotopic (exact) mass is 199 g/mol. The quantitative estimate of drug-likeness (QED) is 0.727. The molecule has 2 N–H and O–H groups in total. The van der Waals surface area contributed by atoms with Gasteiger partial charge in [0.05, 0.1) is 6.10 Å². The summed E-state index contributed by atoms with van der Waals surface area (Å²) in [6.45, 7) is 7.32. The fourth-order valence-corrected chi connectivity index (χ4v) is 2.19. The molecule has 0 heterocycles.